The standard InChI is InChI=1S/C21H28O2/c1-3-5-9-17-10-7-8-11-19(17)21(14-6-4-2)15-12-18(13-16-21)20(22)23/h7-8,10-13,15-16,18H,3-6,9,14H2,1-2H3,(H,22,23). The smallest absolute Gasteiger partial charge is 0.314 e. The van der Waals surface area contributed by atoms with Crippen molar-refractivity contribution in [1.82, 2.24) is 0 Å². The fourth-order valence-corrected chi connectivity index (χ4v) is 3.34. The number of carbonyl (C=O) groups is 1. The van der Waals surface area contributed by atoms with Crippen LogP contribution >= 0.6 is 0 Å². The number of rotatable bonds is 8. The van der Waals surface area contributed by atoms with Gasteiger partial charge in [0.1, 0.15) is 0 Å². The molecule has 0 bridgehead atoms. The Morgan fingerprint density at radius 1 is 1.09 bits per heavy atom. The van der Waals surface area contributed by atoms with Gasteiger partial charge in [0.2, 0.25) is 0 Å². The maximum Gasteiger partial charge on any atom is 0.314 e. The summed E-state index contributed by atoms with van der Waals surface area (Å²) in [5.41, 5.74) is 2.60. The molecule has 0 unspecified atom stereocenters. The topological polar surface area (TPSA) is 37.3 Å². The third kappa shape index (κ3) is 4.13. The van der Waals surface area contributed by atoms with E-state index in [0.717, 1.165) is 25.7 Å². The van der Waals surface area contributed by atoms with Crippen LogP contribution in [0.2, 0.25) is 0 Å². The second-order valence-corrected chi connectivity index (χ2v) is 6.49. The van der Waals surface area contributed by atoms with E-state index in [4.69, 9.17) is 0 Å². The van der Waals surface area contributed by atoms with Crippen LogP contribution in [0.15, 0.2) is 48.6 Å². The zero-order valence-corrected chi connectivity index (χ0v) is 14.3. The highest BCUT2D eigenvalue weighted by molar-refractivity contribution is 5.75. The molecule has 1 aromatic rings. The number of unbranched alkanes of at least 4 members (excludes halogenated alkanes) is 2. The monoisotopic (exact) mass is 312 g/mol. The van der Waals surface area contributed by atoms with E-state index >= 15 is 0 Å². The van der Waals surface area contributed by atoms with Crippen LogP contribution in [0.25, 0.3) is 0 Å². The molecule has 2 heteroatoms. The Hall–Kier alpha value is -1.83. The van der Waals surface area contributed by atoms with Crippen molar-refractivity contribution in [3.8, 4) is 0 Å². The average Bonchev–Trinajstić information content (AvgIpc) is 2.58. The summed E-state index contributed by atoms with van der Waals surface area (Å²) in [4.78, 5) is 11.2. The lowest BCUT2D eigenvalue weighted by molar-refractivity contribution is -0.138. The molecule has 1 aliphatic rings. The Kier molecular flexibility index (Phi) is 6.20. The summed E-state index contributed by atoms with van der Waals surface area (Å²) in [5, 5.41) is 9.22. The molecule has 0 aromatic heterocycles. The molecule has 0 aliphatic heterocycles. The molecule has 0 heterocycles. The molecule has 124 valence electrons. The highest BCUT2D eigenvalue weighted by atomic mass is 16.4. The van der Waals surface area contributed by atoms with Crippen LogP contribution in [-0.4, -0.2) is 11.1 Å². The summed E-state index contributed by atoms with van der Waals surface area (Å²) in [6.45, 7) is 4.42. The molecule has 0 radical (unpaired) electrons. The van der Waals surface area contributed by atoms with Crippen LogP contribution < -0.4 is 0 Å². The van der Waals surface area contributed by atoms with Gasteiger partial charge in [-0.2, -0.15) is 0 Å². The summed E-state index contributed by atoms with van der Waals surface area (Å²) in [7, 11) is 0. The fourth-order valence-electron chi connectivity index (χ4n) is 3.34. The van der Waals surface area contributed by atoms with Gasteiger partial charge < -0.3 is 5.11 Å². The number of hydrogen-bond acceptors (Lipinski definition) is 1. The predicted molar refractivity (Wildman–Crippen MR) is 95.7 cm³/mol. The number of carboxylic acids is 1. The second-order valence-electron chi connectivity index (χ2n) is 6.49. The number of benzene rings is 1. The highest BCUT2D eigenvalue weighted by Crippen LogP contribution is 2.39. The number of hydrogen-bond donors (Lipinski definition) is 1. The van der Waals surface area contributed by atoms with Gasteiger partial charge in [0.25, 0.3) is 0 Å². The van der Waals surface area contributed by atoms with Crippen molar-refractivity contribution in [1.29, 1.82) is 0 Å². The molecular weight excluding hydrogens is 284 g/mol. The molecular formula is C21H28O2. The van der Waals surface area contributed by atoms with Gasteiger partial charge in [-0.3, -0.25) is 4.79 Å². The minimum atomic E-state index is -0.777. The first-order valence-corrected chi connectivity index (χ1v) is 8.83. The maximum atomic E-state index is 11.2. The van der Waals surface area contributed by atoms with Gasteiger partial charge in [-0.1, -0.05) is 81.7 Å². The number of aryl methyl sites for hydroxylation is 1. The van der Waals surface area contributed by atoms with Crippen LogP contribution in [0.3, 0.4) is 0 Å². The van der Waals surface area contributed by atoms with Crippen molar-refractivity contribution in [3.05, 3.63) is 59.7 Å². The molecule has 0 amide bonds. The van der Waals surface area contributed by atoms with Crippen LogP contribution in [0, 0.1) is 5.92 Å². The zero-order chi connectivity index (χ0) is 16.7. The minimum Gasteiger partial charge on any atom is -0.481 e. The molecule has 2 rings (SSSR count). The lowest BCUT2D eigenvalue weighted by Gasteiger charge is -2.33. The van der Waals surface area contributed by atoms with E-state index in [0.29, 0.717) is 0 Å². The maximum absolute atomic E-state index is 11.2. The largest absolute Gasteiger partial charge is 0.481 e. The Labute approximate surface area is 139 Å². The van der Waals surface area contributed by atoms with Crippen molar-refractivity contribution in [3.63, 3.8) is 0 Å². The Bertz CT molecular complexity index is 569. The number of allylic oxidation sites excluding steroid dienone is 2. The van der Waals surface area contributed by atoms with Crippen LogP contribution in [0.5, 0.6) is 0 Å². The zero-order valence-electron chi connectivity index (χ0n) is 14.3. The molecule has 0 fully saturated rings. The van der Waals surface area contributed by atoms with Gasteiger partial charge in [-0.25, -0.2) is 0 Å². The van der Waals surface area contributed by atoms with Crippen molar-refractivity contribution in [2.75, 3.05) is 0 Å². The van der Waals surface area contributed by atoms with E-state index in [2.05, 4.69) is 50.3 Å². The lowest BCUT2D eigenvalue weighted by Crippen LogP contribution is -2.27. The summed E-state index contributed by atoms with van der Waals surface area (Å²) in [6, 6.07) is 8.65. The Morgan fingerprint density at radius 3 is 2.35 bits per heavy atom. The minimum absolute atomic E-state index is 0.147. The van der Waals surface area contributed by atoms with Crippen LogP contribution in [-0.2, 0) is 16.6 Å². The van der Waals surface area contributed by atoms with Gasteiger partial charge in [0.15, 0.2) is 0 Å². The van der Waals surface area contributed by atoms with Gasteiger partial charge >= 0.3 is 5.97 Å². The average molecular weight is 312 g/mol. The van der Waals surface area contributed by atoms with Gasteiger partial charge in [0, 0.05) is 5.41 Å². The van der Waals surface area contributed by atoms with Gasteiger partial charge in [0.05, 0.1) is 5.92 Å². The van der Waals surface area contributed by atoms with E-state index in [1.807, 2.05) is 12.2 Å². The van der Waals surface area contributed by atoms with Crippen molar-refractivity contribution in [2.45, 2.75) is 57.8 Å². The van der Waals surface area contributed by atoms with Crippen molar-refractivity contribution >= 4 is 5.97 Å². The molecule has 1 N–H and O–H groups in total. The van der Waals surface area contributed by atoms with Crippen LogP contribution in [0.4, 0.5) is 0 Å². The molecule has 0 atom stereocenters. The highest BCUT2D eigenvalue weighted by Gasteiger charge is 2.31. The first kappa shape index (κ1) is 17.5. The lowest BCUT2D eigenvalue weighted by atomic mass is 9.70. The van der Waals surface area contributed by atoms with E-state index < -0.39 is 11.9 Å². The third-order valence-electron chi connectivity index (χ3n) is 4.75. The molecule has 0 saturated heterocycles. The molecule has 23 heavy (non-hydrogen) atoms. The summed E-state index contributed by atoms with van der Waals surface area (Å²) < 4.78 is 0. The van der Waals surface area contributed by atoms with E-state index in [9.17, 15) is 9.90 Å². The SMILES string of the molecule is CCCCc1ccccc1C1(CCCC)C=CC(C(=O)O)C=C1. The first-order valence-electron chi connectivity index (χ1n) is 8.83. The van der Waals surface area contributed by atoms with Gasteiger partial charge in [-0.05, 0) is 30.4 Å². The van der Waals surface area contributed by atoms with Crippen LogP contribution in [0.1, 0.15) is 57.1 Å². The molecule has 0 saturated carbocycles. The van der Waals surface area contributed by atoms with Crippen molar-refractivity contribution < 1.29 is 9.90 Å². The van der Waals surface area contributed by atoms with E-state index in [1.165, 1.54) is 24.0 Å². The Morgan fingerprint density at radius 2 is 1.74 bits per heavy atom. The van der Waals surface area contributed by atoms with E-state index in [-0.39, 0.29) is 5.41 Å². The number of aliphatic carboxylic acids is 1. The molecule has 0 spiro atoms. The summed E-state index contributed by atoms with van der Waals surface area (Å²) in [5.74, 6) is -1.27. The van der Waals surface area contributed by atoms with Gasteiger partial charge in [-0.15, -0.1) is 0 Å². The second kappa shape index (κ2) is 8.14. The van der Waals surface area contributed by atoms with E-state index in [1.54, 1.807) is 0 Å². The normalized spacial score (nSPS) is 23.1. The quantitative estimate of drug-likeness (QED) is 0.663. The number of carboxylic acid groups (broad SMARTS) is 1. The van der Waals surface area contributed by atoms with Crippen molar-refractivity contribution in [2.24, 2.45) is 5.92 Å². The molecule has 1 aliphatic carbocycles. The first-order chi connectivity index (χ1) is 11.1. The summed E-state index contributed by atoms with van der Waals surface area (Å²) in [6.07, 6.45) is 14.7. The fraction of sp³-hybridized carbons (Fsp3) is 0.476. The molecule has 1 aromatic carbocycles. The predicted octanol–water partition coefficient (Wildman–Crippen LogP) is 5.28. The summed E-state index contributed by atoms with van der Waals surface area (Å²) >= 11 is 0. The molecule has 2 nitrogen and oxygen atoms in total. The third-order valence-corrected chi connectivity index (χ3v) is 4.75. The Balaban J connectivity index is 2.39.